The van der Waals surface area contributed by atoms with Crippen molar-refractivity contribution < 1.29 is 24.2 Å². The second kappa shape index (κ2) is 7.22. The van der Waals surface area contributed by atoms with Crippen molar-refractivity contribution in [3.8, 4) is 0 Å². The number of carboxylic acids is 1. The second-order valence-corrected chi connectivity index (χ2v) is 4.60. The quantitative estimate of drug-likeness (QED) is 0.828. The first-order valence-corrected chi connectivity index (χ1v) is 6.93. The van der Waals surface area contributed by atoms with Crippen LogP contribution in [0.3, 0.4) is 0 Å². The van der Waals surface area contributed by atoms with Crippen LogP contribution in [-0.4, -0.2) is 29.6 Å². The zero-order valence-electron chi connectivity index (χ0n) is 12.4. The zero-order chi connectivity index (χ0) is 16.8. The Balaban J connectivity index is 2.15. The molecule has 0 atom stereocenters. The molecule has 0 bridgehead atoms. The monoisotopic (exact) mass is 313 g/mol. The van der Waals surface area contributed by atoms with Gasteiger partial charge in [0, 0.05) is 5.69 Å². The lowest BCUT2D eigenvalue weighted by Gasteiger charge is -2.08. The molecule has 1 amide bonds. The van der Waals surface area contributed by atoms with Crippen LogP contribution in [0.4, 0.5) is 5.69 Å². The summed E-state index contributed by atoms with van der Waals surface area (Å²) in [5.74, 6) is -2.15. The minimum Gasteiger partial charge on any atom is -0.478 e. The van der Waals surface area contributed by atoms with E-state index in [0.717, 1.165) is 0 Å². The van der Waals surface area contributed by atoms with Gasteiger partial charge >= 0.3 is 11.9 Å². The lowest BCUT2D eigenvalue weighted by Crippen LogP contribution is -2.16. The molecule has 0 aliphatic carbocycles. The van der Waals surface area contributed by atoms with Crippen molar-refractivity contribution >= 4 is 23.5 Å². The highest BCUT2D eigenvalue weighted by Gasteiger charge is 2.16. The molecule has 2 aromatic carbocycles. The molecule has 2 aromatic rings. The lowest BCUT2D eigenvalue weighted by atomic mass is 10.1. The standard InChI is InChI=1S/C17H15NO5/c1-2-23-17(22)11-7-9-12(10-8-11)18-15(19)13-5-3-4-6-14(13)16(20)21/h3-10H,2H2,1H3,(H,18,19)(H,20,21). The summed E-state index contributed by atoms with van der Waals surface area (Å²) in [5.41, 5.74) is 0.807. The van der Waals surface area contributed by atoms with Gasteiger partial charge in [-0.15, -0.1) is 0 Å². The zero-order valence-corrected chi connectivity index (χ0v) is 12.4. The topological polar surface area (TPSA) is 92.7 Å². The lowest BCUT2D eigenvalue weighted by molar-refractivity contribution is 0.0525. The summed E-state index contributed by atoms with van der Waals surface area (Å²) in [6, 6.07) is 12.1. The van der Waals surface area contributed by atoms with Crippen molar-refractivity contribution in [2.75, 3.05) is 11.9 Å². The fourth-order valence-electron chi connectivity index (χ4n) is 1.97. The molecule has 118 valence electrons. The van der Waals surface area contributed by atoms with Crippen LogP contribution in [0.5, 0.6) is 0 Å². The molecular weight excluding hydrogens is 298 g/mol. The molecule has 2 rings (SSSR count). The number of nitrogens with one attached hydrogen (secondary N) is 1. The van der Waals surface area contributed by atoms with Crippen molar-refractivity contribution in [2.45, 2.75) is 6.92 Å². The molecule has 0 aromatic heterocycles. The first-order valence-electron chi connectivity index (χ1n) is 6.93. The Morgan fingerprint density at radius 1 is 1.00 bits per heavy atom. The molecule has 0 heterocycles. The second-order valence-electron chi connectivity index (χ2n) is 4.60. The Bertz CT molecular complexity index is 737. The highest BCUT2D eigenvalue weighted by Crippen LogP contribution is 2.14. The summed E-state index contributed by atoms with van der Waals surface area (Å²) in [6.45, 7) is 2.00. The Hall–Kier alpha value is -3.15. The molecule has 0 radical (unpaired) electrons. The number of hydrogen-bond acceptors (Lipinski definition) is 4. The average Bonchev–Trinajstić information content (AvgIpc) is 2.55. The van der Waals surface area contributed by atoms with E-state index in [-0.39, 0.29) is 17.7 Å². The maximum atomic E-state index is 12.2. The highest BCUT2D eigenvalue weighted by molar-refractivity contribution is 6.10. The number of carbonyl (C=O) groups excluding carboxylic acids is 2. The molecule has 0 fully saturated rings. The van der Waals surface area contributed by atoms with E-state index in [1.807, 2.05) is 0 Å². The molecule has 0 aliphatic heterocycles. The van der Waals surface area contributed by atoms with Crippen LogP contribution >= 0.6 is 0 Å². The van der Waals surface area contributed by atoms with Gasteiger partial charge in [0.05, 0.1) is 23.3 Å². The van der Waals surface area contributed by atoms with E-state index in [1.54, 1.807) is 31.2 Å². The van der Waals surface area contributed by atoms with Gasteiger partial charge in [0.25, 0.3) is 5.91 Å². The molecule has 0 unspecified atom stereocenters. The van der Waals surface area contributed by atoms with Crippen LogP contribution in [0.2, 0.25) is 0 Å². The van der Waals surface area contributed by atoms with Gasteiger partial charge in [-0.25, -0.2) is 9.59 Å². The van der Waals surface area contributed by atoms with Gasteiger partial charge in [-0.3, -0.25) is 4.79 Å². The Kier molecular flexibility index (Phi) is 5.09. The number of rotatable bonds is 5. The fourth-order valence-corrected chi connectivity index (χ4v) is 1.97. The van der Waals surface area contributed by atoms with E-state index in [2.05, 4.69) is 5.32 Å². The number of anilines is 1. The Labute approximate surface area is 132 Å². The maximum Gasteiger partial charge on any atom is 0.338 e. The van der Waals surface area contributed by atoms with Crippen molar-refractivity contribution in [3.05, 3.63) is 65.2 Å². The van der Waals surface area contributed by atoms with Crippen molar-refractivity contribution in [1.82, 2.24) is 0 Å². The van der Waals surface area contributed by atoms with Crippen molar-refractivity contribution in [3.63, 3.8) is 0 Å². The molecule has 0 aliphatic rings. The van der Waals surface area contributed by atoms with Crippen molar-refractivity contribution in [2.24, 2.45) is 0 Å². The highest BCUT2D eigenvalue weighted by atomic mass is 16.5. The number of hydrogen-bond donors (Lipinski definition) is 2. The van der Waals surface area contributed by atoms with E-state index < -0.39 is 17.8 Å². The van der Waals surface area contributed by atoms with E-state index in [1.165, 1.54) is 24.3 Å². The van der Waals surface area contributed by atoms with Crippen LogP contribution in [0.25, 0.3) is 0 Å². The number of amides is 1. The normalized spacial score (nSPS) is 9.96. The first-order chi connectivity index (χ1) is 11.0. The molecule has 0 spiro atoms. The third kappa shape index (κ3) is 3.94. The van der Waals surface area contributed by atoms with E-state index in [9.17, 15) is 14.4 Å². The molecule has 6 nitrogen and oxygen atoms in total. The Morgan fingerprint density at radius 3 is 2.17 bits per heavy atom. The largest absolute Gasteiger partial charge is 0.478 e. The smallest absolute Gasteiger partial charge is 0.338 e. The number of benzene rings is 2. The number of aromatic carboxylic acids is 1. The van der Waals surface area contributed by atoms with Crippen LogP contribution < -0.4 is 5.32 Å². The molecule has 23 heavy (non-hydrogen) atoms. The van der Waals surface area contributed by atoms with E-state index in [0.29, 0.717) is 11.3 Å². The van der Waals surface area contributed by atoms with Gasteiger partial charge in [0.1, 0.15) is 0 Å². The molecule has 2 N–H and O–H groups in total. The van der Waals surface area contributed by atoms with Gasteiger partial charge in [0.2, 0.25) is 0 Å². The number of ether oxygens (including phenoxy) is 1. The first kappa shape index (κ1) is 16.2. The van der Waals surface area contributed by atoms with Gasteiger partial charge in [0.15, 0.2) is 0 Å². The predicted molar refractivity (Wildman–Crippen MR) is 83.8 cm³/mol. The van der Waals surface area contributed by atoms with Crippen LogP contribution in [0.1, 0.15) is 38.0 Å². The van der Waals surface area contributed by atoms with Crippen LogP contribution in [0.15, 0.2) is 48.5 Å². The van der Waals surface area contributed by atoms with Crippen molar-refractivity contribution in [1.29, 1.82) is 0 Å². The average molecular weight is 313 g/mol. The summed E-state index contributed by atoms with van der Waals surface area (Å²) < 4.78 is 4.87. The third-order valence-electron chi connectivity index (χ3n) is 3.06. The minimum absolute atomic E-state index is 0.0643. The fraction of sp³-hybridized carbons (Fsp3) is 0.118. The molecular formula is C17H15NO5. The maximum absolute atomic E-state index is 12.2. The van der Waals surface area contributed by atoms with E-state index >= 15 is 0 Å². The summed E-state index contributed by atoms with van der Waals surface area (Å²) >= 11 is 0. The third-order valence-corrected chi connectivity index (χ3v) is 3.06. The van der Waals surface area contributed by atoms with E-state index in [4.69, 9.17) is 9.84 Å². The van der Waals surface area contributed by atoms with Gasteiger partial charge in [-0.1, -0.05) is 12.1 Å². The minimum atomic E-state index is -1.17. The molecule has 0 saturated heterocycles. The molecule has 0 saturated carbocycles. The summed E-state index contributed by atoms with van der Waals surface area (Å²) in [4.78, 5) is 34.9. The summed E-state index contributed by atoms with van der Waals surface area (Å²) in [6.07, 6.45) is 0. The number of esters is 1. The van der Waals surface area contributed by atoms with Crippen LogP contribution in [0, 0.1) is 0 Å². The van der Waals surface area contributed by atoms with Gasteiger partial charge in [-0.05, 0) is 43.3 Å². The van der Waals surface area contributed by atoms with Gasteiger partial charge < -0.3 is 15.2 Å². The molecule has 6 heteroatoms. The Morgan fingerprint density at radius 2 is 1.61 bits per heavy atom. The summed E-state index contributed by atoms with van der Waals surface area (Å²) in [7, 11) is 0. The van der Waals surface area contributed by atoms with Crippen LogP contribution in [-0.2, 0) is 4.74 Å². The number of carbonyl (C=O) groups is 3. The van der Waals surface area contributed by atoms with Gasteiger partial charge in [-0.2, -0.15) is 0 Å². The number of carboxylic acid groups (broad SMARTS) is 1. The summed E-state index contributed by atoms with van der Waals surface area (Å²) in [5, 5.41) is 11.7. The predicted octanol–water partition coefficient (Wildman–Crippen LogP) is 2.81. The SMILES string of the molecule is CCOC(=O)c1ccc(NC(=O)c2ccccc2C(=O)O)cc1.